The Morgan fingerprint density at radius 2 is 1.72 bits per heavy atom. The maximum Gasteiger partial charge on any atom is 0.422 e. The topological polar surface area (TPSA) is 92.9 Å². The lowest BCUT2D eigenvalue weighted by molar-refractivity contribution is -0.162. The highest BCUT2D eigenvalue weighted by atomic mass is 32.2. The minimum atomic E-state index is -4.59. The van der Waals surface area contributed by atoms with E-state index in [4.69, 9.17) is 5.14 Å². The Kier molecular flexibility index (Phi) is 4.40. The number of nitrogens with zero attached hydrogens (tertiary/aromatic N) is 2. The van der Waals surface area contributed by atoms with Crippen LogP contribution in [-0.2, 0) is 14.9 Å². The third-order valence-corrected chi connectivity index (χ3v) is 3.30. The average Bonchev–Trinajstić information content (AvgIpc) is 2.24. The number of hydrogen-bond acceptors (Lipinski definition) is 4. The second-order valence-corrected chi connectivity index (χ2v) is 5.15. The largest absolute Gasteiger partial charge is 0.440 e. The van der Waals surface area contributed by atoms with E-state index in [2.05, 4.69) is 4.74 Å². The van der Waals surface area contributed by atoms with Gasteiger partial charge in [-0.2, -0.15) is 25.9 Å². The molecule has 18 heavy (non-hydrogen) atoms. The molecule has 0 unspecified atom stereocenters. The van der Waals surface area contributed by atoms with Gasteiger partial charge in [-0.1, -0.05) is 0 Å². The third kappa shape index (κ3) is 4.66. The Morgan fingerprint density at radius 3 is 2.11 bits per heavy atom. The van der Waals surface area contributed by atoms with E-state index < -0.39 is 29.1 Å². The summed E-state index contributed by atoms with van der Waals surface area (Å²) in [7, 11) is -3.84. The number of rotatable bonds is 2. The SMILES string of the molecule is NS(=O)(=O)N1CCN(C(=O)OCC(F)(F)F)CC1. The maximum atomic E-state index is 11.8. The van der Waals surface area contributed by atoms with E-state index in [1.807, 2.05) is 0 Å². The van der Waals surface area contributed by atoms with Crippen LogP contribution in [0.1, 0.15) is 0 Å². The first kappa shape index (κ1) is 15.0. The molecule has 0 aromatic carbocycles. The molecule has 1 aliphatic heterocycles. The monoisotopic (exact) mass is 291 g/mol. The smallest absolute Gasteiger partial charge is 0.422 e. The average molecular weight is 291 g/mol. The van der Waals surface area contributed by atoms with Gasteiger partial charge in [-0.15, -0.1) is 0 Å². The molecule has 1 fully saturated rings. The van der Waals surface area contributed by atoms with Crippen LogP contribution < -0.4 is 5.14 Å². The third-order valence-electron chi connectivity index (χ3n) is 2.22. The lowest BCUT2D eigenvalue weighted by Crippen LogP contribution is -2.52. The molecule has 2 N–H and O–H groups in total. The van der Waals surface area contributed by atoms with Crippen molar-refractivity contribution in [3.05, 3.63) is 0 Å². The van der Waals surface area contributed by atoms with Gasteiger partial charge in [0.05, 0.1) is 0 Å². The van der Waals surface area contributed by atoms with E-state index >= 15 is 0 Å². The number of carbonyl (C=O) groups excluding carboxylic acids is 1. The van der Waals surface area contributed by atoms with Crippen molar-refractivity contribution in [2.45, 2.75) is 6.18 Å². The zero-order chi connectivity index (χ0) is 14.0. The summed E-state index contributed by atoms with van der Waals surface area (Å²) < 4.78 is 62.2. The molecule has 0 saturated carbocycles. The van der Waals surface area contributed by atoms with Gasteiger partial charge in [0.25, 0.3) is 10.2 Å². The second kappa shape index (κ2) is 5.28. The van der Waals surface area contributed by atoms with Crippen LogP contribution in [0.25, 0.3) is 0 Å². The van der Waals surface area contributed by atoms with Gasteiger partial charge in [-0.25, -0.2) is 9.93 Å². The van der Waals surface area contributed by atoms with E-state index in [0.29, 0.717) is 0 Å². The zero-order valence-corrected chi connectivity index (χ0v) is 10.00. The van der Waals surface area contributed by atoms with Crippen molar-refractivity contribution < 1.29 is 31.1 Å². The van der Waals surface area contributed by atoms with Crippen molar-refractivity contribution in [2.75, 3.05) is 32.8 Å². The fraction of sp³-hybridized carbons (Fsp3) is 0.857. The van der Waals surface area contributed by atoms with Crippen LogP contribution in [0.2, 0.25) is 0 Å². The number of nitrogens with two attached hydrogens (primary N) is 1. The molecular formula is C7H12F3N3O4S. The Morgan fingerprint density at radius 1 is 1.22 bits per heavy atom. The number of halogens is 3. The molecule has 11 heteroatoms. The molecular weight excluding hydrogens is 279 g/mol. The summed E-state index contributed by atoms with van der Waals surface area (Å²) in [6.45, 7) is -1.93. The molecule has 0 aromatic rings. The van der Waals surface area contributed by atoms with Crippen molar-refractivity contribution >= 4 is 16.3 Å². The van der Waals surface area contributed by atoms with Gasteiger partial charge in [0.2, 0.25) is 0 Å². The Balaban J connectivity index is 2.41. The van der Waals surface area contributed by atoms with Gasteiger partial charge < -0.3 is 9.64 Å². The van der Waals surface area contributed by atoms with E-state index in [-0.39, 0.29) is 26.2 Å². The summed E-state index contributed by atoms with van der Waals surface area (Å²) in [5.74, 6) is 0. The van der Waals surface area contributed by atoms with Gasteiger partial charge in [-0.05, 0) is 0 Å². The molecule has 7 nitrogen and oxygen atoms in total. The second-order valence-electron chi connectivity index (χ2n) is 3.60. The molecule has 0 atom stereocenters. The molecule has 0 radical (unpaired) electrons. The number of alkyl halides is 3. The highest BCUT2D eigenvalue weighted by molar-refractivity contribution is 7.86. The predicted octanol–water partition coefficient (Wildman–Crippen LogP) is -0.494. The number of hydrogen-bond donors (Lipinski definition) is 1. The first-order valence-corrected chi connectivity index (χ1v) is 6.36. The van der Waals surface area contributed by atoms with E-state index in [9.17, 15) is 26.4 Å². The summed E-state index contributed by atoms with van der Waals surface area (Å²) in [6.07, 6.45) is -5.71. The van der Waals surface area contributed by atoms with Crippen LogP contribution in [-0.4, -0.2) is 62.7 Å². The van der Waals surface area contributed by atoms with Crippen LogP contribution >= 0.6 is 0 Å². The quantitative estimate of drug-likeness (QED) is 0.742. The zero-order valence-electron chi connectivity index (χ0n) is 9.18. The molecule has 1 aliphatic rings. The predicted molar refractivity (Wildman–Crippen MR) is 53.7 cm³/mol. The molecule has 1 saturated heterocycles. The van der Waals surface area contributed by atoms with E-state index in [1.54, 1.807) is 0 Å². The number of piperazine rings is 1. The van der Waals surface area contributed by atoms with E-state index in [0.717, 1.165) is 9.21 Å². The molecule has 1 amide bonds. The minimum absolute atomic E-state index is 0.0624. The minimum Gasteiger partial charge on any atom is -0.440 e. The highest BCUT2D eigenvalue weighted by Gasteiger charge is 2.32. The lowest BCUT2D eigenvalue weighted by Gasteiger charge is -2.32. The van der Waals surface area contributed by atoms with Crippen LogP contribution in [0.15, 0.2) is 0 Å². The molecule has 0 aromatic heterocycles. The summed E-state index contributed by atoms with van der Waals surface area (Å²) in [6, 6.07) is 0. The van der Waals surface area contributed by atoms with Gasteiger partial charge in [0, 0.05) is 26.2 Å². The van der Waals surface area contributed by atoms with Gasteiger partial charge in [0.15, 0.2) is 6.61 Å². The van der Waals surface area contributed by atoms with Crippen LogP contribution in [0.4, 0.5) is 18.0 Å². The van der Waals surface area contributed by atoms with Crippen molar-refractivity contribution in [1.82, 2.24) is 9.21 Å². The fourth-order valence-electron chi connectivity index (χ4n) is 1.36. The molecule has 0 spiro atoms. The summed E-state index contributed by atoms with van der Waals surface area (Å²) in [5, 5.41) is 4.86. The van der Waals surface area contributed by atoms with Gasteiger partial charge in [-0.3, -0.25) is 0 Å². The first-order chi connectivity index (χ1) is 8.09. The van der Waals surface area contributed by atoms with Gasteiger partial charge in [0.1, 0.15) is 0 Å². The maximum absolute atomic E-state index is 11.8. The first-order valence-electron chi connectivity index (χ1n) is 4.86. The van der Waals surface area contributed by atoms with Crippen LogP contribution in [0.5, 0.6) is 0 Å². The van der Waals surface area contributed by atoms with Crippen LogP contribution in [0.3, 0.4) is 0 Å². The standard InChI is InChI=1S/C7H12F3N3O4S/c8-7(9,10)5-17-6(14)12-1-3-13(4-2-12)18(11,15)16/h1-5H2,(H2,11,15,16). The Bertz CT molecular complexity index is 403. The van der Waals surface area contributed by atoms with Gasteiger partial charge >= 0.3 is 12.3 Å². The van der Waals surface area contributed by atoms with Crippen molar-refractivity contribution in [2.24, 2.45) is 5.14 Å². The molecule has 106 valence electrons. The summed E-state index contributed by atoms with van der Waals surface area (Å²) >= 11 is 0. The lowest BCUT2D eigenvalue weighted by atomic mass is 10.4. The van der Waals surface area contributed by atoms with Crippen molar-refractivity contribution in [1.29, 1.82) is 0 Å². The Labute approximate surface area is 101 Å². The van der Waals surface area contributed by atoms with E-state index in [1.165, 1.54) is 0 Å². The van der Waals surface area contributed by atoms with Crippen molar-refractivity contribution in [3.8, 4) is 0 Å². The molecule has 0 bridgehead atoms. The Hall–Kier alpha value is -1.07. The fourth-order valence-corrected chi connectivity index (χ4v) is 2.03. The molecule has 0 aliphatic carbocycles. The van der Waals surface area contributed by atoms with Crippen molar-refractivity contribution in [3.63, 3.8) is 0 Å². The normalized spacial score (nSPS) is 18.8. The molecule has 1 rings (SSSR count). The summed E-state index contributed by atoms with van der Waals surface area (Å²) in [4.78, 5) is 12.2. The highest BCUT2D eigenvalue weighted by Crippen LogP contribution is 2.15. The number of carbonyl (C=O) groups is 1. The number of ether oxygens (including phenoxy) is 1. The number of amides is 1. The van der Waals surface area contributed by atoms with Crippen LogP contribution in [0, 0.1) is 0 Å². The molecule has 1 heterocycles. The summed E-state index contributed by atoms with van der Waals surface area (Å²) in [5.41, 5.74) is 0.